The van der Waals surface area contributed by atoms with Crippen LogP contribution in [0.4, 0.5) is 0 Å². The fourth-order valence-electron chi connectivity index (χ4n) is 1.08. The first-order chi connectivity index (χ1) is 6.03. The highest BCUT2D eigenvalue weighted by molar-refractivity contribution is 7.87. The average molecular weight is 220 g/mol. The lowest BCUT2D eigenvalue weighted by Crippen LogP contribution is -2.26. The summed E-state index contributed by atoms with van der Waals surface area (Å²) in [5, 5.41) is 1.69. The molecule has 0 N–H and O–H groups in total. The van der Waals surface area contributed by atoms with E-state index in [0.717, 1.165) is 12.2 Å². The molecule has 1 saturated heterocycles. The second kappa shape index (κ2) is 4.39. The third-order valence-corrected chi connectivity index (χ3v) is 4.54. The molecule has 0 bridgehead atoms. The normalized spacial score (nSPS) is 25.9. The second-order valence-corrected chi connectivity index (χ2v) is 8.16. The summed E-state index contributed by atoms with van der Waals surface area (Å²) in [6, 6.07) is 0. The van der Waals surface area contributed by atoms with Crippen molar-refractivity contribution in [1.82, 2.24) is 0 Å². The third-order valence-electron chi connectivity index (χ3n) is 1.61. The molecule has 1 rings (SSSR count). The maximum absolute atomic E-state index is 11.3. The van der Waals surface area contributed by atoms with Crippen LogP contribution in [0.15, 0.2) is 11.2 Å². The van der Waals surface area contributed by atoms with Crippen molar-refractivity contribution >= 4 is 19.4 Å². The lowest BCUT2D eigenvalue weighted by Gasteiger charge is -2.10. The summed E-state index contributed by atoms with van der Waals surface area (Å²) >= 11 is 0. The van der Waals surface area contributed by atoms with E-state index >= 15 is 0 Å². The van der Waals surface area contributed by atoms with Gasteiger partial charge < -0.3 is 8.85 Å². The SMILES string of the molecule is CCCS(=O)C=C1CO[Si](C)(C)O1. The first kappa shape index (κ1) is 10.9. The molecule has 0 aromatic carbocycles. The Morgan fingerprint density at radius 2 is 2.31 bits per heavy atom. The van der Waals surface area contributed by atoms with Crippen LogP contribution in [0.5, 0.6) is 0 Å². The van der Waals surface area contributed by atoms with E-state index in [1.165, 1.54) is 0 Å². The largest absolute Gasteiger partial charge is 0.521 e. The first-order valence-electron chi connectivity index (χ1n) is 4.44. The summed E-state index contributed by atoms with van der Waals surface area (Å²) in [6.45, 7) is 6.48. The molecule has 0 aromatic heterocycles. The van der Waals surface area contributed by atoms with Crippen molar-refractivity contribution < 1.29 is 13.1 Å². The van der Waals surface area contributed by atoms with E-state index in [2.05, 4.69) is 0 Å². The zero-order chi connectivity index (χ0) is 9.90. The smallest absolute Gasteiger partial charge is 0.392 e. The molecule has 0 aliphatic carbocycles. The van der Waals surface area contributed by atoms with Gasteiger partial charge in [0, 0.05) is 22.0 Å². The Hall–Kier alpha value is -0.133. The molecule has 76 valence electrons. The van der Waals surface area contributed by atoms with Gasteiger partial charge in [-0.15, -0.1) is 0 Å². The minimum absolute atomic E-state index is 0.495. The zero-order valence-electron chi connectivity index (χ0n) is 8.33. The highest BCUT2D eigenvalue weighted by atomic mass is 32.2. The summed E-state index contributed by atoms with van der Waals surface area (Å²) in [5.74, 6) is 1.46. The van der Waals surface area contributed by atoms with Gasteiger partial charge in [-0.2, -0.15) is 0 Å². The Balaban J connectivity index is 2.50. The Bertz CT molecular complexity index is 238. The summed E-state index contributed by atoms with van der Waals surface area (Å²) < 4.78 is 22.3. The van der Waals surface area contributed by atoms with E-state index in [1.54, 1.807) is 5.41 Å². The Morgan fingerprint density at radius 3 is 2.77 bits per heavy atom. The van der Waals surface area contributed by atoms with Crippen LogP contribution in [-0.2, 0) is 19.7 Å². The zero-order valence-corrected chi connectivity index (χ0v) is 10.1. The van der Waals surface area contributed by atoms with Gasteiger partial charge in [-0.25, -0.2) is 0 Å². The molecule has 1 aliphatic rings. The molecule has 13 heavy (non-hydrogen) atoms. The molecule has 0 amide bonds. The Labute approximate surface area is 82.8 Å². The highest BCUT2D eigenvalue weighted by Gasteiger charge is 2.34. The van der Waals surface area contributed by atoms with Crippen LogP contribution in [-0.4, -0.2) is 25.1 Å². The maximum Gasteiger partial charge on any atom is 0.392 e. The molecule has 0 spiro atoms. The monoisotopic (exact) mass is 220 g/mol. The molecular formula is C8H16O3SSi. The van der Waals surface area contributed by atoms with E-state index in [1.807, 2.05) is 20.0 Å². The van der Waals surface area contributed by atoms with E-state index < -0.39 is 19.4 Å². The van der Waals surface area contributed by atoms with Crippen molar-refractivity contribution in [3.63, 3.8) is 0 Å². The van der Waals surface area contributed by atoms with Gasteiger partial charge in [0.25, 0.3) is 0 Å². The number of hydrogen-bond acceptors (Lipinski definition) is 3. The van der Waals surface area contributed by atoms with Gasteiger partial charge in [-0.1, -0.05) is 6.92 Å². The maximum atomic E-state index is 11.3. The predicted octanol–water partition coefficient (Wildman–Crippen LogP) is 1.74. The highest BCUT2D eigenvalue weighted by Crippen LogP contribution is 2.21. The Kier molecular flexibility index (Phi) is 3.70. The average Bonchev–Trinajstić information content (AvgIpc) is 2.30. The van der Waals surface area contributed by atoms with Gasteiger partial charge in [0.05, 0.1) is 6.61 Å². The van der Waals surface area contributed by atoms with Crippen molar-refractivity contribution in [2.24, 2.45) is 0 Å². The minimum Gasteiger partial charge on any atom is -0.521 e. The van der Waals surface area contributed by atoms with Crippen LogP contribution in [0.3, 0.4) is 0 Å². The van der Waals surface area contributed by atoms with Gasteiger partial charge in [0.1, 0.15) is 5.76 Å². The number of hydrogen-bond donors (Lipinski definition) is 0. The predicted molar refractivity (Wildman–Crippen MR) is 55.9 cm³/mol. The van der Waals surface area contributed by atoms with Crippen LogP contribution in [0.25, 0.3) is 0 Å². The van der Waals surface area contributed by atoms with Crippen LogP contribution < -0.4 is 0 Å². The van der Waals surface area contributed by atoms with E-state index in [4.69, 9.17) is 8.85 Å². The van der Waals surface area contributed by atoms with Gasteiger partial charge >= 0.3 is 8.56 Å². The van der Waals surface area contributed by atoms with E-state index in [-0.39, 0.29) is 0 Å². The summed E-state index contributed by atoms with van der Waals surface area (Å²) in [6.07, 6.45) is 0.929. The number of rotatable bonds is 3. The van der Waals surface area contributed by atoms with Gasteiger partial charge in [0.15, 0.2) is 0 Å². The lowest BCUT2D eigenvalue weighted by molar-refractivity contribution is 0.354. The van der Waals surface area contributed by atoms with Crippen molar-refractivity contribution in [3.8, 4) is 0 Å². The van der Waals surface area contributed by atoms with Crippen molar-refractivity contribution in [2.45, 2.75) is 26.4 Å². The van der Waals surface area contributed by atoms with Gasteiger partial charge in [0.2, 0.25) is 0 Å². The first-order valence-corrected chi connectivity index (χ1v) is 8.64. The molecular weight excluding hydrogens is 204 g/mol. The molecule has 1 fully saturated rings. The quantitative estimate of drug-likeness (QED) is 0.680. The molecule has 3 nitrogen and oxygen atoms in total. The fourth-order valence-corrected chi connectivity index (χ4v) is 3.40. The molecule has 0 saturated carbocycles. The van der Waals surface area contributed by atoms with Crippen LogP contribution in [0.2, 0.25) is 13.1 Å². The van der Waals surface area contributed by atoms with Crippen LogP contribution >= 0.6 is 0 Å². The summed E-state index contributed by atoms with van der Waals surface area (Å²) in [7, 11) is -2.78. The molecule has 1 atom stereocenters. The molecule has 1 aliphatic heterocycles. The standard InChI is InChI=1S/C8H16O3SSi/c1-4-5-12(9)7-8-6-10-13(2,3)11-8/h7H,4-6H2,1-3H3. The van der Waals surface area contributed by atoms with Gasteiger partial charge in [-0.3, -0.25) is 4.21 Å². The molecule has 1 unspecified atom stereocenters. The van der Waals surface area contributed by atoms with E-state index in [0.29, 0.717) is 12.4 Å². The molecule has 0 radical (unpaired) electrons. The van der Waals surface area contributed by atoms with Crippen molar-refractivity contribution in [2.75, 3.05) is 12.4 Å². The second-order valence-electron chi connectivity index (χ2n) is 3.46. The van der Waals surface area contributed by atoms with Crippen molar-refractivity contribution in [1.29, 1.82) is 0 Å². The van der Waals surface area contributed by atoms with Crippen LogP contribution in [0.1, 0.15) is 13.3 Å². The third kappa shape index (κ3) is 3.62. The minimum atomic E-state index is -1.90. The fraction of sp³-hybridized carbons (Fsp3) is 0.750. The molecule has 5 heteroatoms. The summed E-state index contributed by atoms with van der Waals surface area (Å²) in [5.41, 5.74) is 0. The topological polar surface area (TPSA) is 35.5 Å². The van der Waals surface area contributed by atoms with E-state index in [9.17, 15) is 4.21 Å². The van der Waals surface area contributed by atoms with Gasteiger partial charge in [-0.05, 0) is 19.5 Å². The lowest BCUT2D eigenvalue weighted by atomic mass is 10.6. The molecule has 1 heterocycles. The molecule has 0 aromatic rings. The van der Waals surface area contributed by atoms with Crippen molar-refractivity contribution in [3.05, 3.63) is 11.2 Å². The Morgan fingerprint density at radius 1 is 1.62 bits per heavy atom. The summed E-state index contributed by atoms with van der Waals surface area (Å²) in [4.78, 5) is 0. The van der Waals surface area contributed by atoms with Crippen LogP contribution in [0, 0.1) is 0 Å².